The maximum absolute atomic E-state index is 13.4. The fourth-order valence-corrected chi connectivity index (χ4v) is 2.54. The molecule has 3 aromatic heterocycles. The average Bonchev–Trinajstić information content (AvgIpc) is 2.96. The molecular weight excluding hydrogens is 293 g/mol. The Balaban J connectivity index is 1.84. The van der Waals surface area contributed by atoms with E-state index in [1.54, 1.807) is 16.9 Å². The Labute approximate surface area is 131 Å². The number of fused-ring (bicyclic) bond motifs is 1. The van der Waals surface area contributed by atoms with Gasteiger partial charge in [-0.2, -0.15) is 0 Å². The largest absolute Gasteiger partial charge is 0.234 e. The van der Waals surface area contributed by atoms with Gasteiger partial charge in [0.25, 0.3) is 0 Å². The lowest BCUT2D eigenvalue weighted by molar-refractivity contribution is 0.624. The third-order valence-corrected chi connectivity index (χ3v) is 3.67. The maximum atomic E-state index is 13.4. The van der Waals surface area contributed by atoms with Crippen molar-refractivity contribution in [3.8, 4) is 16.9 Å². The average molecular weight is 305 g/mol. The van der Waals surface area contributed by atoms with Gasteiger partial charge in [-0.1, -0.05) is 35.5 Å². The number of rotatable bonds is 2. The van der Waals surface area contributed by atoms with E-state index in [-0.39, 0.29) is 0 Å². The minimum atomic E-state index is -0.392. The van der Waals surface area contributed by atoms with Crippen molar-refractivity contribution < 1.29 is 4.39 Å². The van der Waals surface area contributed by atoms with Crippen LogP contribution in [0.1, 0.15) is 5.69 Å². The molecule has 0 radical (unpaired) electrons. The smallest absolute Gasteiger partial charge is 0.159 e. The van der Waals surface area contributed by atoms with E-state index in [9.17, 15) is 4.39 Å². The summed E-state index contributed by atoms with van der Waals surface area (Å²) >= 11 is 0. The Kier molecular flexibility index (Phi) is 3.08. The van der Waals surface area contributed by atoms with Gasteiger partial charge in [0.2, 0.25) is 0 Å². The van der Waals surface area contributed by atoms with Gasteiger partial charge in [0.15, 0.2) is 5.65 Å². The molecule has 0 saturated heterocycles. The van der Waals surface area contributed by atoms with Crippen molar-refractivity contribution in [3.63, 3.8) is 0 Å². The third-order valence-electron chi connectivity index (χ3n) is 3.67. The highest BCUT2D eigenvalue weighted by atomic mass is 19.1. The predicted octanol–water partition coefficient (Wildman–Crippen LogP) is 3.33. The monoisotopic (exact) mass is 305 g/mol. The third kappa shape index (κ3) is 2.34. The van der Waals surface area contributed by atoms with Gasteiger partial charge < -0.3 is 0 Å². The summed E-state index contributed by atoms with van der Waals surface area (Å²) in [6, 6.07) is 13.0. The second-order valence-corrected chi connectivity index (χ2v) is 5.20. The van der Waals surface area contributed by atoms with Crippen LogP contribution in [0.4, 0.5) is 4.39 Å². The van der Waals surface area contributed by atoms with E-state index < -0.39 is 5.82 Å². The van der Waals surface area contributed by atoms with Crippen LogP contribution in [0.25, 0.3) is 28.0 Å². The Morgan fingerprint density at radius 1 is 1.00 bits per heavy atom. The standard InChI is InChI=1S/C17H12FN5/c1-11-16(12-5-3-2-4-6-12)21-22-23(11)15-8-13-7-14(18)9-19-17(13)20-10-15/h2-10H,1H3. The molecule has 0 aliphatic carbocycles. The van der Waals surface area contributed by atoms with E-state index in [1.165, 1.54) is 6.07 Å². The molecule has 112 valence electrons. The van der Waals surface area contributed by atoms with Crippen LogP contribution in [-0.2, 0) is 0 Å². The SMILES string of the molecule is Cc1c(-c2ccccc2)nnn1-c1cnc2ncc(F)cc2c1. The highest BCUT2D eigenvalue weighted by molar-refractivity contribution is 5.76. The molecule has 0 aliphatic heterocycles. The molecule has 4 rings (SSSR count). The van der Waals surface area contributed by atoms with Crippen molar-refractivity contribution in [1.29, 1.82) is 0 Å². The Bertz CT molecular complexity index is 994. The molecule has 0 aliphatic rings. The highest BCUT2D eigenvalue weighted by Gasteiger charge is 2.12. The zero-order valence-electron chi connectivity index (χ0n) is 12.3. The summed E-state index contributed by atoms with van der Waals surface area (Å²) in [5.74, 6) is -0.392. The molecule has 0 fully saturated rings. The summed E-state index contributed by atoms with van der Waals surface area (Å²) in [5, 5.41) is 9.08. The van der Waals surface area contributed by atoms with Gasteiger partial charge in [-0.3, -0.25) is 0 Å². The molecule has 0 saturated carbocycles. The summed E-state index contributed by atoms with van der Waals surface area (Å²) in [4.78, 5) is 8.21. The number of nitrogens with zero attached hydrogens (tertiary/aromatic N) is 5. The molecule has 3 heterocycles. The minimum Gasteiger partial charge on any atom is -0.234 e. The van der Waals surface area contributed by atoms with Crippen LogP contribution >= 0.6 is 0 Å². The molecule has 23 heavy (non-hydrogen) atoms. The first kappa shape index (κ1) is 13.5. The zero-order chi connectivity index (χ0) is 15.8. The van der Waals surface area contributed by atoms with Gasteiger partial charge in [-0.15, -0.1) is 5.10 Å². The molecule has 6 heteroatoms. The second kappa shape index (κ2) is 5.24. The summed E-state index contributed by atoms with van der Waals surface area (Å²) in [5.41, 5.74) is 3.91. The topological polar surface area (TPSA) is 56.5 Å². The van der Waals surface area contributed by atoms with E-state index in [0.717, 1.165) is 28.8 Å². The molecule has 0 bridgehead atoms. The van der Waals surface area contributed by atoms with Crippen LogP contribution in [-0.4, -0.2) is 25.0 Å². The van der Waals surface area contributed by atoms with Crippen LogP contribution < -0.4 is 0 Å². The molecule has 4 aromatic rings. The van der Waals surface area contributed by atoms with Crippen molar-refractivity contribution in [3.05, 3.63) is 66.4 Å². The Morgan fingerprint density at radius 3 is 2.61 bits per heavy atom. The molecule has 5 nitrogen and oxygen atoms in total. The first-order valence-electron chi connectivity index (χ1n) is 7.12. The molecule has 0 unspecified atom stereocenters. The molecule has 0 spiro atoms. The van der Waals surface area contributed by atoms with E-state index in [1.807, 2.05) is 37.3 Å². The zero-order valence-corrected chi connectivity index (χ0v) is 12.3. The van der Waals surface area contributed by atoms with Gasteiger partial charge in [0.05, 0.1) is 23.8 Å². The van der Waals surface area contributed by atoms with E-state index in [0.29, 0.717) is 11.0 Å². The molecular formula is C17H12FN5. The van der Waals surface area contributed by atoms with Gasteiger partial charge >= 0.3 is 0 Å². The Morgan fingerprint density at radius 2 is 1.78 bits per heavy atom. The van der Waals surface area contributed by atoms with E-state index >= 15 is 0 Å². The second-order valence-electron chi connectivity index (χ2n) is 5.20. The maximum Gasteiger partial charge on any atom is 0.159 e. The number of hydrogen-bond acceptors (Lipinski definition) is 4. The number of pyridine rings is 2. The number of hydrogen-bond donors (Lipinski definition) is 0. The lowest BCUT2D eigenvalue weighted by atomic mass is 10.1. The fourth-order valence-electron chi connectivity index (χ4n) is 2.54. The molecule has 0 atom stereocenters. The van der Waals surface area contributed by atoms with Crippen molar-refractivity contribution in [2.45, 2.75) is 6.92 Å². The number of benzene rings is 1. The summed E-state index contributed by atoms with van der Waals surface area (Å²) < 4.78 is 15.0. The lowest BCUT2D eigenvalue weighted by Crippen LogP contribution is -2.00. The molecule has 1 aromatic carbocycles. The molecule has 0 N–H and O–H groups in total. The van der Waals surface area contributed by atoms with Crippen molar-refractivity contribution in [2.75, 3.05) is 0 Å². The fraction of sp³-hybridized carbons (Fsp3) is 0.0588. The van der Waals surface area contributed by atoms with Crippen LogP contribution in [0.2, 0.25) is 0 Å². The van der Waals surface area contributed by atoms with Gasteiger partial charge in [-0.25, -0.2) is 19.0 Å². The first-order valence-corrected chi connectivity index (χ1v) is 7.12. The van der Waals surface area contributed by atoms with Crippen molar-refractivity contribution >= 4 is 11.0 Å². The minimum absolute atomic E-state index is 0.392. The van der Waals surface area contributed by atoms with Gasteiger partial charge in [-0.05, 0) is 19.1 Å². The van der Waals surface area contributed by atoms with E-state index in [2.05, 4.69) is 20.3 Å². The Hall–Kier alpha value is -3.15. The summed E-state index contributed by atoms with van der Waals surface area (Å²) in [6.07, 6.45) is 2.81. The summed E-state index contributed by atoms with van der Waals surface area (Å²) in [6.45, 7) is 1.94. The van der Waals surface area contributed by atoms with E-state index in [4.69, 9.17) is 0 Å². The van der Waals surface area contributed by atoms with Crippen LogP contribution in [0.5, 0.6) is 0 Å². The predicted molar refractivity (Wildman–Crippen MR) is 84.6 cm³/mol. The quantitative estimate of drug-likeness (QED) is 0.570. The van der Waals surface area contributed by atoms with Gasteiger partial charge in [0, 0.05) is 10.9 Å². The van der Waals surface area contributed by atoms with Crippen LogP contribution in [0.15, 0.2) is 54.9 Å². The summed E-state index contributed by atoms with van der Waals surface area (Å²) in [7, 11) is 0. The highest BCUT2D eigenvalue weighted by Crippen LogP contribution is 2.23. The van der Waals surface area contributed by atoms with Gasteiger partial charge in [0.1, 0.15) is 11.5 Å². The van der Waals surface area contributed by atoms with Crippen molar-refractivity contribution in [1.82, 2.24) is 25.0 Å². The molecule has 0 amide bonds. The number of aromatic nitrogens is 5. The van der Waals surface area contributed by atoms with Crippen LogP contribution in [0, 0.1) is 12.7 Å². The van der Waals surface area contributed by atoms with Crippen molar-refractivity contribution in [2.24, 2.45) is 0 Å². The number of halogens is 1. The first-order chi connectivity index (χ1) is 11.2. The normalized spacial score (nSPS) is 11.0. The van der Waals surface area contributed by atoms with Crippen LogP contribution in [0.3, 0.4) is 0 Å². The lowest BCUT2D eigenvalue weighted by Gasteiger charge is -2.05.